The molecule has 0 aliphatic heterocycles. The van der Waals surface area contributed by atoms with Crippen LogP contribution in [0.5, 0.6) is 6.01 Å². The predicted octanol–water partition coefficient (Wildman–Crippen LogP) is 1.41. The third kappa shape index (κ3) is 3.45. The van der Waals surface area contributed by atoms with E-state index in [9.17, 15) is 0 Å². The highest BCUT2D eigenvalue weighted by Crippen LogP contribution is 2.13. The Morgan fingerprint density at radius 2 is 1.86 bits per heavy atom. The van der Waals surface area contributed by atoms with E-state index < -0.39 is 0 Å². The van der Waals surface area contributed by atoms with Crippen molar-refractivity contribution in [2.75, 3.05) is 19.0 Å². The Morgan fingerprint density at radius 1 is 1.05 bits per heavy atom. The molecule has 0 amide bonds. The molecule has 2 rings (SSSR count). The summed E-state index contributed by atoms with van der Waals surface area (Å²) in [6.07, 6.45) is 2.49. The quantitative estimate of drug-likeness (QED) is 0.824. The second-order valence-electron chi connectivity index (χ2n) is 4.44. The van der Waals surface area contributed by atoms with Crippen molar-refractivity contribution >= 4 is 5.95 Å². The standard InChI is InChI=1S/C13H21N7O/c1-5-8-14-11-16-12(18-13(17-11)21-4)20-10(7-3)15-9(6-2)19-20/h5-8H2,1-4H3,(H,14,16,17,18). The molecule has 8 heteroatoms. The lowest BCUT2D eigenvalue weighted by Gasteiger charge is -2.08. The second-order valence-corrected chi connectivity index (χ2v) is 4.44. The van der Waals surface area contributed by atoms with Crippen LogP contribution in [-0.2, 0) is 12.8 Å². The van der Waals surface area contributed by atoms with Gasteiger partial charge in [-0.05, 0) is 6.42 Å². The minimum absolute atomic E-state index is 0.259. The average molecular weight is 291 g/mol. The van der Waals surface area contributed by atoms with Crippen molar-refractivity contribution in [2.45, 2.75) is 40.0 Å². The van der Waals surface area contributed by atoms with Crippen molar-refractivity contribution in [3.8, 4) is 12.0 Å². The Kier molecular flexibility index (Phi) is 5.02. The first kappa shape index (κ1) is 15.1. The Labute approximate surface area is 124 Å². The van der Waals surface area contributed by atoms with Crippen molar-refractivity contribution in [3.05, 3.63) is 11.6 Å². The number of hydrogen-bond acceptors (Lipinski definition) is 7. The van der Waals surface area contributed by atoms with E-state index in [-0.39, 0.29) is 6.01 Å². The first-order valence-corrected chi connectivity index (χ1v) is 7.20. The maximum absolute atomic E-state index is 5.14. The minimum atomic E-state index is 0.259. The van der Waals surface area contributed by atoms with Crippen LogP contribution in [0.4, 0.5) is 5.95 Å². The highest BCUT2D eigenvalue weighted by Gasteiger charge is 2.14. The van der Waals surface area contributed by atoms with Gasteiger partial charge in [0.25, 0.3) is 5.95 Å². The van der Waals surface area contributed by atoms with E-state index in [2.05, 4.69) is 37.3 Å². The van der Waals surface area contributed by atoms with Gasteiger partial charge in [0, 0.05) is 19.4 Å². The van der Waals surface area contributed by atoms with E-state index >= 15 is 0 Å². The van der Waals surface area contributed by atoms with Crippen LogP contribution in [-0.4, -0.2) is 43.4 Å². The highest BCUT2D eigenvalue weighted by atomic mass is 16.5. The number of hydrogen-bond donors (Lipinski definition) is 1. The van der Waals surface area contributed by atoms with E-state index in [1.54, 1.807) is 4.68 Å². The fourth-order valence-corrected chi connectivity index (χ4v) is 1.78. The van der Waals surface area contributed by atoms with Crippen LogP contribution in [0.15, 0.2) is 0 Å². The predicted molar refractivity (Wildman–Crippen MR) is 78.8 cm³/mol. The SMILES string of the molecule is CCCNc1nc(OC)nc(-n2nc(CC)nc2CC)n1. The molecule has 21 heavy (non-hydrogen) atoms. The first-order valence-electron chi connectivity index (χ1n) is 7.20. The Morgan fingerprint density at radius 3 is 2.48 bits per heavy atom. The fourth-order valence-electron chi connectivity index (χ4n) is 1.78. The zero-order chi connectivity index (χ0) is 15.2. The molecule has 2 heterocycles. The number of aromatic nitrogens is 6. The van der Waals surface area contributed by atoms with Gasteiger partial charge in [0.05, 0.1) is 7.11 Å². The first-order chi connectivity index (χ1) is 10.2. The second kappa shape index (κ2) is 6.96. The third-order valence-corrected chi connectivity index (χ3v) is 2.86. The summed E-state index contributed by atoms with van der Waals surface area (Å²) in [4.78, 5) is 17.3. The van der Waals surface area contributed by atoms with Gasteiger partial charge >= 0.3 is 6.01 Å². The van der Waals surface area contributed by atoms with E-state index in [1.807, 2.05) is 13.8 Å². The molecule has 2 aromatic heterocycles. The molecule has 8 nitrogen and oxygen atoms in total. The van der Waals surface area contributed by atoms with Gasteiger partial charge in [0.15, 0.2) is 5.82 Å². The van der Waals surface area contributed by atoms with E-state index in [0.29, 0.717) is 11.9 Å². The molecule has 0 bridgehead atoms. The number of aryl methyl sites for hydroxylation is 2. The molecule has 114 valence electrons. The zero-order valence-electron chi connectivity index (χ0n) is 12.9. The van der Waals surface area contributed by atoms with Crippen molar-refractivity contribution in [3.63, 3.8) is 0 Å². The van der Waals surface area contributed by atoms with Gasteiger partial charge < -0.3 is 10.1 Å². The maximum atomic E-state index is 5.14. The maximum Gasteiger partial charge on any atom is 0.322 e. The Hall–Kier alpha value is -2.25. The van der Waals surface area contributed by atoms with Crippen LogP contribution in [0.2, 0.25) is 0 Å². The Balaban J connectivity index is 2.44. The highest BCUT2D eigenvalue weighted by molar-refractivity contribution is 5.30. The molecule has 0 radical (unpaired) electrons. The lowest BCUT2D eigenvalue weighted by molar-refractivity contribution is 0.377. The molecule has 0 fully saturated rings. The van der Waals surface area contributed by atoms with Crippen molar-refractivity contribution in [1.29, 1.82) is 0 Å². The van der Waals surface area contributed by atoms with Gasteiger partial charge in [-0.15, -0.1) is 5.10 Å². The summed E-state index contributed by atoms with van der Waals surface area (Å²) in [5.74, 6) is 2.50. The van der Waals surface area contributed by atoms with Crippen LogP contribution in [0.25, 0.3) is 5.95 Å². The number of anilines is 1. The lowest BCUT2D eigenvalue weighted by atomic mass is 10.4. The molecular weight excluding hydrogens is 270 g/mol. The molecule has 2 aromatic rings. The third-order valence-electron chi connectivity index (χ3n) is 2.86. The summed E-state index contributed by atoms with van der Waals surface area (Å²) < 4.78 is 6.79. The number of nitrogens with one attached hydrogen (secondary N) is 1. The zero-order valence-corrected chi connectivity index (χ0v) is 12.9. The number of nitrogens with zero attached hydrogens (tertiary/aromatic N) is 6. The van der Waals surface area contributed by atoms with Crippen LogP contribution in [0, 0.1) is 0 Å². The monoisotopic (exact) mass is 291 g/mol. The van der Waals surface area contributed by atoms with E-state index in [4.69, 9.17) is 4.74 Å². The molecule has 0 aliphatic rings. The van der Waals surface area contributed by atoms with Crippen molar-refractivity contribution < 1.29 is 4.74 Å². The van der Waals surface area contributed by atoms with Crippen LogP contribution in [0.1, 0.15) is 38.8 Å². The summed E-state index contributed by atoms with van der Waals surface area (Å²) in [6.45, 7) is 6.90. The minimum Gasteiger partial charge on any atom is -0.467 e. The molecule has 0 atom stereocenters. The normalized spacial score (nSPS) is 10.7. The van der Waals surface area contributed by atoms with Gasteiger partial charge in [0.1, 0.15) is 5.82 Å². The van der Waals surface area contributed by atoms with Gasteiger partial charge in [-0.2, -0.15) is 19.6 Å². The van der Waals surface area contributed by atoms with Gasteiger partial charge in [-0.25, -0.2) is 4.98 Å². The Bertz CT molecular complexity index is 596. The lowest BCUT2D eigenvalue weighted by Crippen LogP contribution is -2.13. The van der Waals surface area contributed by atoms with Crippen molar-refractivity contribution in [1.82, 2.24) is 29.7 Å². The summed E-state index contributed by atoms with van der Waals surface area (Å²) in [6, 6.07) is 0.259. The smallest absolute Gasteiger partial charge is 0.322 e. The molecule has 0 saturated heterocycles. The largest absolute Gasteiger partial charge is 0.467 e. The van der Waals surface area contributed by atoms with Gasteiger partial charge in [-0.3, -0.25) is 0 Å². The summed E-state index contributed by atoms with van der Waals surface area (Å²) in [5, 5.41) is 7.57. The summed E-state index contributed by atoms with van der Waals surface area (Å²) >= 11 is 0. The molecule has 1 N–H and O–H groups in total. The van der Waals surface area contributed by atoms with Gasteiger partial charge in [0.2, 0.25) is 5.95 Å². The fraction of sp³-hybridized carbons (Fsp3) is 0.615. The molecule has 0 saturated carbocycles. The van der Waals surface area contributed by atoms with Crippen LogP contribution >= 0.6 is 0 Å². The van der Waals surface area contributed by atoms with Crippen molar-refractivity contribution in [2.24, 2.45) is 0 Å². The molecule has 0 aliphatic carbocycles. The molecule has 0 unspecified atom stereocenters. The summed E-state index contributed by atoms with van der Waals surface area (Å²) in [7, 11) is 1.53. The number of rotatable bonds is 7. The number of ether oxygens (including phenoxy) is 1. The molecule has 0 aromatic carbocycles. The molecular formula is C13H21N7O. The number of methoxy groups -OCH3 is 1. The van der Waals surface area contributed by atoms with Crippen LogP contribution in [0.3, 0.4) is 0 Å². The van der Waals surface area contributed by atoms with E-state index in [1.165, 1.54) is 7.11 Å². The van der Waals surface area contributed by atoms with Gasteiger partial charge in [-0.1, -0.05) is 20.8 Å². The topological polar surface area (TPSA) is 90.6 Å². The molecule has 0 spiro atoms. The summed E-state index contributed by atoms with van der Waals surface area (Å²) in [5.41, 5.74) is 0. The average Bonchev–Trinajstić information content (AvgIpc) is 2.96. The van der Waals surface area contributed by atoms with Crippen LogP contribution < -0.4 is 10.1 Å². The van der Waals surface area contributed by atoms with E-state index in [0.717, 1.165) is 37.5 Å².